The van der Waals surface area contributed by atoms with Crippen molar-refractivity contribution in [1.82, 2.24) is 0 Å². The zero-order valence-corrected chi connectivity index (χ0v) is 6.87. The highest BCUT2D eigenvalue weighted by Gasteiger charge is 1.89. The van der Waals surface area contributed by atoms with Gasteiger partial charge in [-0.1, -0.05) is 24.3 Å². The third-order valence-corrected chi connectivity index (χ3v) is 1.44. The molecule has 0 aromatic heterocycles. The summed E-state index contributed by atoms with van der Waals surface area (Å²) in [6.45, 7) is 1.67. The van der Waals surface area contributed by atoms with Crippen molar-refractivity contribution in [2.24, 2.45) is 0 Å². The molecule has 0 amide bonds. The summed E-state index contributed by atoms with van der Waals surface area (Å²) >= 11 is 0. The molecule has 0 saturated heterocycles. The van der Waals surface area contributed by atoms with E-state index in [0.29, 0.717) is 0 Å². The number of rotatable bonds is 2. The number of hydrogen-bond donors (Lipinski definition) is 1. The zero-order valence-electron chi connectivity index (χ0n) is 6.87. The molecule has 0 aliphatic rings. The Kier molecular flexibility index (Phi) is 3.00. The van der Waals surface area contributed by atoms with Gasteiger partial charge in [-0.2, -0.15) is 0 Å². The number of halogens is 1. The summed E-state index contributed by atoms with van der Waals surface area (Å²) in [4.78, 5) is 0. The number of hydrogen-bond acceptors (Lipinski definition) is 1. The summed E-state index contributed by atoms with van der Waals surface area (Å²) in [5.41, 5.74) is 0.886. The molecule has 0 heterocycles. The van der Waals surface area contributed by atoms with E-state index >= 15 is 0 Å². The first-order chi connectivity index (χ1) is 5.68. The van der Waals surface area contributed by atoms with Crippen molar-refractivity contribution in [3.05, 3.63) is 41.7 Å². The molecule has 1 aromatic carbocycles. The molecule has 1 aromatic rings. The van der Waals surface area contributed by atoms with Crippen molar-refractivity contribution in [3.63, 3.8) is 0 Å². The minimum Gasteiger partial charge on any atom is -0.389 e. The van der Waals surface area contributed by atoms with Gasteiger partial charge in [0.15, 0.2) is 0 Å². The second-order valence-corrected chi connectivity index (χ2v) is 2.65. The average Bonchev–Trinajstić information content (AvgIpc) is 2.03. The molecule has 1 N–H and O–H groups in total. The molecule has 1 unspecified atom stereocenters. The highest BCUT2D eigenvalue weighted by atomic mass is 19.1. The van der Waals surface area contributed by atoms with E-state index in [0.717, 1.165) is 5.56 Å². The zero-order chi connectivity index (χ0) is 8.97. The van der Waals surface area contributed by atoms with E-state index in [4.69, 9.17) is 5.11 Å². The third kappa shape index (κ3) is 2.84. The number of aliphatic hydroxyl groups is 1. The average molecular weight is 166 g/mol. The maximum absolute atomic E-state index is 12.4. The van der Waals surface area contributed by atoms with Crippen molar-refractivity contribution in [1.29, 1.82) is 0 Å². The summed E-state index contributed by atoms with van der Waals surface area (Å²) in [6, 6.07) is 6.10. The molecule has 64 valence electrons. The van der Waals surface area contributed by atoms with Crippen molar-refractivity contribution in [3.8, 4) is 0 Å². The van der Waals surface area contributed by atoms with Crippen molar-refractivity contribution in [2.45, 2.75) is 13.0 Å². The largest absolute Gasteiger partial charge is 0.389 e. The molecule has 0 spiro atoms. The minimum atomic E-state index is -0.463. The predicted octanol–water partition coefficient (Wildman–Crippen LogP) is 2.22. The first-order valence-electron chi connectivity index (χ1n) is 3.80. The Morgan fingerprint density at radius 2 is 1.92 bits per heavy atom. The minimum absolute atomic E-state index is 0.246. The Bertz CT molecular complexity index is 262. The number of benzene rings is 1. The van der Waals surface area contributed by atoms with Crippen molar-refractivity contribution >= 4 is 6.08 Å². The van der Waals surface area contributed by atoms with Crippen LogP contribution in [-0.2, 0) is 0 Å². The fourth-order valence-corrected chi connectivity index (χ4v) is 0.824. The van der Waals surface area contributed by atoms with E-state index in [9.17, 15) is 4.39 Å². The lowest BCUT2D eigenvalue weighted by Gasteiger charge is -1.94. The summed E-state index contributed by atoms with van der Waals surface area (Å²) < 4.78 is 12.4. The van der Waals surface area contributed by atoms with Gasteiger partial charge in [0.05, 0.1) is 6.10 Å². The predicted molar refractivity (Wildman–Crippen MR) is 47.1 cm³/mol. The molecule has 0 saturated carbocycles. The van der Waals surface area contributed by atoms with Gasteiger partial charge >= 0.3 is 0 Å². The van der Waals surface area contributed by atoms with Crippen LogP contribution in [0.3, 0.4) is 0 Å². The van der Waals surface area contributed by atoms with E-state index in [1.165, 1.54) is 12.1 Å². The van der Waals surface area contributed by atoms with Gasteiger partial charge < -0.3 is 5.11 Å². The molecular formula is C10H11FO. The van der Waals surface area contributed by atoms with Gasteiger partial charge in [0.25, 0.3) is 0 Å². The molecule has 0 aliphatic heterocycles. The lowest BCUT2D eigenvalue weighted by Crippen LogP contribution is -1.91. The van der Waals surface area contributed by atoms with Crippen LogP contribution in [0.1, 0.15) is 12.5 Å². The maximum Gasteiger partial charge on any atom is 0.123 e. The fraction of sp³-hybridized carbons (Fsp3) is 0.200. The van der Waals surface area contributed by atoms with E-state index in [1.54, 1.807) is 31.2 Å². The first-order valence-corrected chi connectivity index (χ1v) is 3.80. The van der Waals surface area contributed by atoms with Gasteiger partial charge in [0.2, 0.25) is 0 Å². The molecule has 0 fully saturated rings. The van der Waals surface area contributed by atoms with E-state index in [-0.39, 0.29) is 5.82 Å². The Balaban J connectivity index is 2.71. The molecule has 1 atom stereocenters. The Hall–Kier alpha value is -1.15. The molecule has 1 rings (SSSR count). The Labute approximate surface area is 71.2 Å². The van der Waals surface area contributed by atoms with Crippen LogP contribution < -0.4 is 0 Å². The van der Waals surface area contributed by atoms with E-state index in [1.807, 2.05) is 0 Å². The summed E-state index contributed by atoms with van der Waals surface area (Å²) in [5.74, 6) is -0.246. The van der Waals surface area contributed by atoms with Crippen LogP contribution >= 0.6 is 0 Å². The lowest BCUT2D eigenvalue weighted by molar-refractivity contribution is 0.245. The second kappa shape index (κ2) is 4.02. The molecular weight excluding hydrogens is 155 g/mol. The van der Waals surface area contributed by atoms with Crippen LogP contribution in [0.25, 0.3) is 6.08 Å². The number of aliphatic hydroxyl groups excluding tert-OH is 1. The van der Waals surface area contributed by atoms with Crippen LogP contribution in [0.4, 0.5) is 4.39 Å². The maximum atomic E-state index is 12.4. The van der Waals surface area contributed by atoms with Crippen molar-refractivity contribution in [2.75, 3.05) is 0 Å². The molecule has 0 bridgehead atoms. The van der Waals surface area contributed by atoms with Crippen LogP contribution in [-0.4, -0.2) is 11.2 Å². The summed E-state index contributed by atoms with van der Waals surface area (Å²) in [7, 11) is 0. The van der Waals surface area contributed by atoms with Crippen LogP contribution in [0.15, 0.2) is 30.3 Å². The van der Waals surface area contributed by atoms with Gasteiger partial charge in [-0.25, -0.2) is 4.39 Å². The van der Waals surface area contributed by atoms with E-state index < -0.39 is 6.10 Å². The van der Waals surface area contributed by atoms with Gasteiger partial charge in [-0.15, -0.1) is 0 Å². The fourth-order valence-electron chi connectivity index (χ4n) is 0.824. The van der Waals surface area contributed by atoms with Crippen LogP contribution in [0, 0.1) is 5.82 Å². The third-order valence-electron chi connectivity index (χ3n) is 1.44. The first kappa shape index (κ1) is 8.94. The van der Waals surface area contributed by atoms with Gasteiger partial charge in [-0.3, -0.25) is 0 Å². The molecule has 2 heteroatoms. The quantitative estimate of drug-likeness (QED) is 0.714. The molecule has 1 nitrogen and oxygen atoms in total. The normalized spacial score (nSPS) is 13.6. The standard InChI is InChI=1S/C10H11FO/c1-8(12)2-3-9-4-6-10(11)7-5-9/h2-8,12H,1H3/b3-2+. The molecule has 12 heavy (non-hydrogen) atoms. The van der Waals surface area contributed by atoms with Gasteiger partial charge in [0.1, 0.15) is 5.82 Å². The molecule has 0 aliphatic carbocycles. The molecule has 0 radical (unpaired) electrons. The second-order valence-electron chi connectivity index (χ2n) is 2.65. The van der Waals surface area contributed by atoms with Gasteiger partial charge in [-0.05, 0) is 24.6 Å². The summed E-state index contributed by atoms with van der Waals surface area (Å²) in [5, 5.41) is 8.91. The highest BCUT2D eigenvalue weighted by molar-refractivity contribution is 5.49. The Morgan fingerprint density at radius 3 is 2.42 bits per heavy atom. The Morgan fingerprint density at radius 1 is 1.33 bits per heavy atom. The van der Waals surface area contributed by atoms with Crippen LogP contribution in [0.5, 0.6) is 0 Å². The summed E-state index contributed by atoms with van der Waals surface area (Å²) in [6.07, 6.45) is 2.94. The van der Waals surface area contributed by atoms with Crippen molar-refractivity contribution < 1.29 is 9.50 Å². The van der Waals surface area contributed by atoms with Crippen LogP contribution in [0.2, 0.25) is 0 Å². The van der Waals surface area contributed by atoms with E-state index in [2.05, 4.69) is 0 Å². The monoisotopic (exact) mass is 166 g/mol. The highest BCUT2D eigenvalue weighted by Crippen LogP contribution is 2.04. The lowest BCUT2D eigenvalue weighted by atomic mass is 10.2. The smallest absolute Gasteiger partial charge is 0.123 e. The van der Waals surface area contributed by atoms with Gasteiger partial charge in [0, 0.05) is 0 Å². The topological polar surface area (TPSA) is 20.2 Å². The SMILES string of the molecule is CC(O)/C=C/c1ccc(F)cc1.